The molecule has 0 fully saturated rings. The normalized spacial score (nSPS) is 11.5. The van der Waals surface area contributed by atoms with Crippen LogP contribution in [0.4, 0.5) is 0 Å². The lowest BCUT2D eigenvalue weighted by molar-refractivity contribution is -0.119. The molecule has 7 heteroatoms. The Labute approximate surface area is 172 Å². The zero-order valence-electron chi connectivity index (χ0n) is 16.2. The molecule has 3 aromatic rings. The Morgan fingerprint density at radius 3 is 2.68 bits per heavy atom. The van der Waals surface area contributed by atoms with Crippen molar-refractivity contribution in [3.63, 3.8) is 0 Å². The van der Waals surface area contributed by atoms with Crippen LogP contribution in [0.1, 0.15) is 20.8 Å². The van der Waals surface area contributed by atoms with Crippen molar-refractivity contribution < 1.29 is 4.79 Å². The Kier molecular flexibility index (Phi) is 6.05. The molecule has 2 aromatic heterocycles. The van der Waals surface area contributed by atoms with Crippen molar-refractivity contribution in [3.05, 3.63) is 59.4 Å². The summed E-state index contributed by atoms with van der Waals surface area (Å²) >= 11 is 2.71. The van der Waals surface area contributed by atoms with Crippen LogP contribution in [0.5, 0.6) is 0 Å². The number of amides is 1. The molecule has 3 rings (SSSR count). The van der Waals surface area contributed by atoms with Gasteiger partial charge >= 0.3 is 0 Å². The number of rotatable bonds is 6. The average Bonchev–Trinajstić information content (AvgIpc) is 3.06. The van der Waals surface area contributed by atoms with Crippen molar-refractivity contribution in [2.75, 3.05) is 5.75 Å². The van der Waals surface area contributed by atoms with Crippen LogP contribution in [-0.4, -0.2) is 26.8 Å². The number of aromatic nitrogens is 2. The van der Waals surface area contributed by atoms with E-state index in [2.05, 4.69) is 16.9 Å². The molecule has 1 aromatic carbocycles. The van der Waals surface area contributed by atoms with Gasteiger partial charge < -0.3 is 5.32 Å². The summed E-state index contributed by atoms with van der Waals surface area (Å²) in [7, 11) is 0. The van der Waals surface area contributed by atoms with Gasteiger partial charge in [-0.3, -0.25) is 14.2 Å². The molecule has 0 aliphatic heterocycles. The van der Waals surface area contributed by atoms with Crippen molar-refractivity contribution in [1.29, 1.82) is 0 Å². The van der Waals surface area contributed by atoms with Crippen LogP contribution in [-0.2, 0) is 11.3 Å². The van der Waals surface area contributed by atoms with Gasteiger partial charge in [0, 0.05) is 17.0 Å². The van der Waals surface area contributed by atoms with Crippen molar-refractivity contribution in [1.82, 2.24) is 14.9 Å². The molecule has 0 aliphatic rings. The van der Waals surface area contributed by atoms with E-state index < -0.39 is 0 Å². The highest BCUT2D eigenvalue weighted by Crippen LogP contribution is 2.31. The number of allylic oxidation sites excluding steroid dienone is 1. The molecule has 0 unspecified atom stereocenters. The minimum atomic E-state index is -0.298. The first-order valence-corrected chi connectivity index (χ1v) is 10.7. The van der Waals surface area contributed by atoms with E-state index in [9.17, 15) is 9.59 Å². The van der Waals surface area contributed by atoms with Crippen LogP contribution in [0.3, 0.4) is 0 Å². The molecule has 0 spiro atoms. The van der Waals surface area contributed by atoms with Gasteiger partial charge in [-0.05, 0) is 32.4 Å². The standard InChI is InChI=1S/C21H23N3O2S2/c1-5-11-24-19(26)18-15(12-16(28-18)14-9-7-6-8-10-14)22-20(24)27-13-17(25)23-21(2,3)4/h5-10,12H,1,11,13H2,2-4H3,(H,23,25). The smallest absolute Gasteiger partial charge is 0.272 e. The molecule has 5 nitrogen and oxygen atoms in total. The number of thiophene rings is 1. The molecule has 0 saturated heterocycles. The Balaban J connectivity index is 1.97. The molecule has 1 amide bonds. The second-order valence-corrected chi connectivity index (χ2v) is 9.37. The zero-order valence-corrected chi connectivity index (χ0v) is 17.8. The van der Waals surface area contributed by atoms with E-state index in [-0.39, 0.29) is 22.8 Å². The molecule has 28 heavy (non-hydrogen) atoms. The van der Waals surface area contributed by atoms with Crippen LogP contribution in [0, 0.1) is 0 Å². The fourth-order valence-electron chi connectivity index (χ4n) is 2.72. The lowest BCUT2D eigenvalue weighted by Gasteiger charge is -2.20. The summed E-state index contributed by atoms with van der Waals surface area (Å²) < 4.78 is 2.19. The number of hydrogen-bond acceptors (Lipinski definition) is 5. The topological polar surface area (TPSA) is 64.0 Å². The number of hydrogen-bond donors (Lipinski definition) is 1. The number of nitrogens with one attached hydrogen (secondary N) is 1. The maximum Gasteiger partial charge on any atom is 0.272 e. The van der Waals surface area contributed by atoms with E-state index >= 15 is 0 Å². The molecule has 0 atom stereocenters. The van der Waals surface area contributed by atoms with Gasteiger partial charge in [0.2, 0.25) is 5.91 Å². The molecule has 1 N–H and O–H groups in total. The predicted molar refractivity (Wildman–Crippen MR) is 118 cm³/mol. The van der Waals surface area contributed by atoms with Crippen LogP contribution >= 0.6 is 23.1 Å². The average molecular weight is 414 g/mol. The summed E-state index contributed by atoms with van der Waals surface area (Å²) in [4.78, 5) is 30.9. The minimum absolute atomic E-state index is 0.0905. The summed E-state index contributed by atoms with van der Waals surface area (Å²) in [6.07, 6.45) is 1.67. The number of benzene rings is 1. The van der Waals surface area contributed by atoms with E-state index in [4.69, 9.17) is 0 Å². The van der Waals surface area contributed by atoms with Gasteiger partial charge in [-0.15, -0.1) is 17.9 Å². The van der Waals surface area contributed by atoms with Gasteiger partial charge in [-0.2, -0.15) is 0 Å². The second-order valence-electron chi connectivity index (χ2n) is 7.38. The van der Waals surface area contributed by atoms with Crippen molar-refractivity contribution >= 4 is 39.2 Å². The lowest BCUT2D eigenvalue weighted by Crippen LogP contribution is -2.41. The minimum Gasteiger partial charge on any atom is -0.351 e. The van der Waals surface area contributed by atoms with Gasteiger partial charge in [0.05, 0.1) is 11.3 Å². The third-order valence-corrected chi connectivity index (χ3v) is 5.95. The van der Waals surface area contributed by atoms with E-state index in [1.807, 2.05) is 57.2 Å². The molecule has 0 saturated carbocycles. The maximum absolute atomic E-state index is 13.0. The van der Waals surface area contributed by atoms with Crippen molar-refractivity contribution in [2.24, 2.45) is 0 Å². The first kappa shape index (κ1) is 20.4. The number of carbonyl (C=O) groups excluding carboxylic acids is 1. The number of thioether (sulfide) groups is 1. The first-order valence-electron chi connectivity index (χ1n) is 8.93. The molecular formula is C21H23N3O2S2. The monoisotopic (exact) mass is 413 g/mol. The highest BCUT2D eigenvalue weighted by molar-refractivity contribution is 7.99. The molecule has 0 aliphatic carbocycles. The summed E-state index contributed by atoms with van der Waals surface area (Å²) in [5.41, 5.74) is 1.32. The van der Waals surface area contributed by atoms with E-state index in [0.717, 1.165) is 10.4 Å². The fraction of sp³-hybridized carbons (Fsp3) is 0.286. The summed E-state index contributed by atoms with van der Waals surface area (Å²) in [5.74, 6) is 0.106. The molecule has 2 heterocycles. The Morgan fingerprint density at radius 1 is 1.32 bits per heavy atom. The first-order chi connectivity index (χ1) is 13.3. The number of carbonyl (C=O) groups is 1. The van der Waals surface area contributed by atoms with E-state index in [0.29, 0.717) is 21.9 Å². The highest BCUT2D eigenvalue weighted by Gasteiger charge is 2.18. The SMILES string of the molecule is C=CCn1c(SCC(=O)NC(C)(C)C)nc2cc(-c3ccccc3)sc2c1=O. The van der Waals surface area contributed by atoms with Crippen LogP contribution in [0.15, 0.2) is 59.0 Å². The zero-order chi connectivity index (χ0) is 20.3. The summed E-state index contributed by atoms with van der Waals surface area (Å²) in [6.45, 7) is 9.90. The van der Waals surface area contributed by atoms with Crippen LogP contribution in [0.25, 0.3) is 20.7 Å². The molecule has 0 bridgehead atoms. The van der Waals surface area contributed by atoms with Gasteiger partial charge in [0.15, 0.2) is 5.16 Å². The number of nitrogens with zero attached hydrogens (tertiary/aromatic N) is 2. The van der Waals surface area contributed by atoms with Gasteiger partial charge in [-0.25, -0.2) is 4.98 Å². The maximum atomic E-state index is 13.0. The second kappa shape index (κ2) is 8.32. The fourth-order valence-corrected chi connectivity index (χ4v) is 4.58. The highest BCUT2D eigenvalue weighted by atomic mass is 32.2. The van der Waals surface area contributed by atoms with Crippen molar-refractivity contribution in [3.8, 4) is 10.4 Å². The van der Waals surface area contributed by atoms with Gasteiger partial charge in [0.1, 0.15) is 4.70 Å². The largest absolute Gasteiger partial charge is 0.351 e. The van der Waals surface area contributed by atoms with Gasteiger partial charge in [0.25, 0.3) is 5.56 Å². The van der Waals surface area contributed by atoms with Crippen LogP contribution in [0.2, 0.25) is 0 Å². The third kappa shape index (κ3) is 4.72. The van der Waals surface area contributed by atoms with Crippen LogP contribution < -0.4 is 10.9 Å². The predicted octanol–water partition coefficient (Wildman–Crippen LogP) is 4.32. The Hall–Kier alpha value is -2.38. The van der Waals surface area contributed by atoms with E-state index in [1.54, 1.807) is 10.6 Å². The molecular weight excluding hydrogens is 390 g/mol. The summed E-state index contributed by atoms with van der Waals surface area (Å²) in [6, 6.07) is 11.9. The van der Waals surface area contributed by atoms with Crippen molar-refractivity contribution in [2.45, 2.75) is 38.0 Å². The Morgan fingerprint density at radius 2 is 2.04 bits per heavy atom. The van der Waals surface area contributed by atoms with Gasteiger partial charge in [-0.1, -0.05) is 48.2 Å². The molecule has 146 valence electrons. The number of fused-ring (bicyclic) bond motifs is 1. The third-order valence-electron chi connectivity index (χ3n) is 3.82. The lowest BCUT2D eigenvalue weighted by atomic mass is 10.1. The quantitative estimate of drug-likeness (QED) is 0.371. The van der Waals surface area contributed by atoms with E-state index in [1.165, 1.54) is 23.1 Å². The summed E-state index contributed by atoms with van der Waals surface area (Å²) in [5, 5.41) is 3.45. The molecule has 0 radical (unpaired) electrons. The Bertz CT molecular complexity index is 1060.